The first kappa shape index (κ1) is 21.2. The van der Waals surface area contributed by atoms with Gasteiger partial charge in [0.05, 0.1) is 12.4 Å². The lowest BCUT2D eigenvalue weighted by Gasteiger charge is -2.42. The Labute approximate surface area is 177 Å². The van der Waals surface area contributed by atoms with Gasteiger partial charge < -0.3 is 15.8 Å². The normalized spacial score (nSPS) is 23.7. The first-order valence-corrected chi connectivity index (χ1v) is 11.1. The highest BCUT2D eigenvalue weighted by atomic mass is 32.2. The van der Waals surface area contributed by atoms with Gasteiger partial charge in [-0.05, 0) is 38.1 Å². The van der Waals surface area contributed by atoms with E-state index in [4.69, 9.17) is 10.5 Å². The molecule has 2 aromatic rings. The molecule has 0 saturated heterocycles. The lowest BCUT2D eigenvalue weighted by molar-refractivity contribution is 0.0561. The summed E-state index contributed by atoms with van der Waals surface area (Å²) in [7, 11) is -3.63. The minimum atomic E-state index is -3.63. The van der Waals surface area contributed by atoms with Crippen LogP contribution < -0.4 is 15.8 Å². The van der Waals surface area contributed by atoms with Crippen LogP contribution in [0, 0.1) is 0 Å². The van der Waals surface area contributed by atoms with Crippen LogP contribution in [-0.2, 0) is 15.4 Å². The van der Waals surface area contributed by atoms with Crippen LogP contribution in [0.3, 0.4) is 0 Å². The van der Waals surface area contributed by atoms with Crippen LogP contribution in [0.1, 0.15) is 42.9 Å². The fourth-order valence-corrected chi connectivity index (χ4v) is 5.36. The Morgan fingerprint density at radius 2 is 2.06 bits per heavy atom. The molecule has 2 aliphatic heterocycles. The molecule has 9 nitrogen and oxygen atoms in total. The highest BCUT2D eigenvalue weighted by molar-refractivity contribution is 7.93. The van der Waals surface area contributed by atoms with Crippen LogP contribution in [-0.4, -0.2) is 47.0 Å². The molecule has 3 heterocycles. The summed E-state index contributed by atoms with van der Waals surface area (Å²) >= 11 is 0. The van der Waals surface area contributed by atoms with Gasteiger partial charge in [-0.25, -0.2) is 13.1 Å². The van der Waals surface area contributed by atoms with Crippen molar-refractivity contribution in [3.8, 4) is 5.75 Å². The zero-order valence-corrected chi connectivity index (χ0v) is 17.6. The van der Waals surface area contributed by atoms with Crippen LogP contribution in [0.5, 0.6) is 5.75 Å². The standard InChI is InChI=1S/C19H21F2N5O4S/c1-18(2)16(22)24-19(10-31(18,28)29)6-8-30-14-4-3-11(9-12(14)19)23-15(27)13-5-7-26(25-13)17(20)21/h3-5,7,9,17H,6,8,10H2,1-2H3,(H2,22,24)(H,23,27). The molecule has 0 radical (unpaired) electrons. The van der Waals surface area contributed by atoms with E-state index in [1.165, 1.54) is 19.9 Å². The number of halogens is 2. The summed E-state index contributed by atoms with van der Waals surface area (Å²) in [6.07, 6.45) is 1.30. The zero-order chi connectivity index (χ0) is 22.6. The number of sulfone groups is 1. The van der Waals surface area contributed by atoms with Gasteiger partial charge >= 0.3 is 6.55 Å². The second kappa shape index (κ2) is 7.01. The fourth-order valence-electron chi connectivity index (χ4n) is 3.64. The second-order valence-electron chi connectivity index (χ2n) is 8.02. The summed E-state index contributed by atoms with van der Waals surface area (Å²) in [6, 6.07) is 5.91. The van der Waals surface area contributed by atoms with E-state index >= 15 is 0 Å². The summed E-state index contributed by atoms with van der Waals surface area (Å²) in [5, 5.41) is 6.12. The van der Waals surface area contributed by atoms with Crippen LogP contribution >= 0.6 is 0 Å². The molecular formula is C19H21F2N5O4S. The lowest BCUT2D eigenvalue weighted by Crippen LogP contribution is -2.56. The number of rotatable bonds is 3. The van der Waals surface area contributed by atoms with Gasteiger partial charge in [-0.3, -0.25) is 9.79 Å². The average Bonchev–Trinajstić information content (AvgIpc) is 3.18. The third kappa shape index (κ3) is 3.44. The maximum Gasteiger partial charge on any atom is 0.333 e. The van der Waals surface area contributed by atoms with Crippen molar-refractivity contribution in [2.45, 2.75) is 37.1 Å². The number of nitrogens with zero attached hydrogens (tertiary/aromatic N) is 3. The third-order valence-electron chi connectivity index (χ3n) is 5.71. The number of benzene rings is 1. The molecule has 166 valence electrons. The highest BCUT2D eigenvalue weighted by Gasteiger charge is 2.52. The minimum Gasteiger partial charge on any atom is -0.493 e. The Bertz CT molecular complexity index is 1190. The maximum absolute atomic E-state index is 13.0. The highest BCUT2D eigenvalue weighted by Crippen LogP contribution is 2.46. The van der Waals surface area contributed by atoms with Crippen LogP contribution in [0.4, 0.5) is 14.5 Å². The largest absolute Gasteiger partial charge is 0.493 e. The van der Waals surface area contributed by atoms with E-state index < -0.39 is 32.6 Å². The number of amidine groups is 1. The monoisotopic (exact) mass is 453 g/mol. The van der Waals surface area contributed by atoms with Crippen molar-refractivity contribution < 1.29 is 26.7 Å². The van der Waals surface area contributed by atoms with Crippen molar-refractivity contribution >= 4 is 27.3 Å². The fraction of sp³-hybridized carbons (Fsp3) is 0.421. The number of hydrogen-bond acceptors (Lipinski definition) is 7. The number of amides is 1. The molecule has 1 amide bonds. The summed E-state index contributed by atoms with van der Waals surface area (Å²) in [5.74, 6) is -0.484. The summed E-state index contributed by atoms with van der Waals surface area (Å²) in [5.41, 5.74) is 5.54. The molecule has 2 aliphatic rings. The van der Waals surface area contributed by atoms with Gasteiger partial charge in [0.15, 0.2) is 15.5 Å². The lowest BCUT2D eigenvalue weighted by atomic mass is 9.85. The Kier molecular flexibility index (Phi) is 4.80. The van der Waals surface area contributed by atoms with E-state index in [1.807, 2.05) is 0 Å². The number of carbonyl (C=O) groups excluding carboxylic acids is 1. The van der Waals surface area contributed by atoms with Gasteiger partial charge in [-0.1, -0.05) is 0 Å². The number of aromatic nitrogens is 2. The molecule has 1 unspecified atom stereocenters. The number of anilines is 1. The number of nitrogens with one attached hydrogen (secondary N) is 1. The van der Waals surface area contributed by atoms with E-state index in [9.17, 15) is 22.0 Å². The average molecular weight is 453 g/mol. The van der Waals surface area contributed by atoms with Gasteiger partial charge in [0.1, 0.15) is 21.9 Å². The van der Waals surface area contributed by atoms with Gasteiger partial charge in [0.25, 0.3) is 5.91 Å². The number of carbonyl (C=O) groups is 1. The first-order chi connectivity index (χ1) is 14.4. The molecule has 1 atom stereocenters. The summed E-state index contributed by atoms with van der Waals surface area (Å²) < 4.78 is 56.1. The van der Waals surface area contributed by atoms with Crippen molar-refractivity contribution in [3.63, 3.8) is 0 Å². The molecular weight excluding hydrogens is 432 g/mol. The molecule has 1 spiro atoms. The third-order valence-corrected chi connectivity index (χ3v) is 8.33. The quantitative estimate of drug-likeness (QED) is 0.732. The number of hydrogen-bond donors (Lipinski definition) is 2. The number of nitrogens with two attached hydrogens (primary N) is 1. The SMILES string of the molecule is CC1(C)C(N)=NC2(CCOc3ccc(NC(=O)c4ccn(C(F)F)n4)cc32)CS1(=O)=O. The molecule has 3 N–H and O–H groups in total. The number of alkyl halides is 2. The number of ether oxygens (including phenoxy) is 1. The van der Waals surface area contributed by atoms with Crippen molar-refractivity contribution in [1.82, 2.24) is 9.78 Å². The Morgan fingerprint density at radius 3 is 2.71 bits per heavy atom. The topological polar surface area (TPSA) is 129 Å². The summed E-state index contributed by atoms with van der Waals surface area (Å²) in [4.78, 5) is 17.0. The Morgan fingerprint density at radius 1 is 1.32 bits per heavy atom. The molecule has 31 heavy (non-hydrogen) atoms. The molecule has 0 saturated carbocycles. The zero-order valence-electron chi connectivity index (χ0n) is 16.8. The first-order valence-electron chi connectivity index (χ1n) is 9.45. The Balaban J connectivity index is 1.70. The van der Waals surface area contributed by atoms with Crippen molar-refractivity contribution in [2.75, 3.05) is 17.7 Å². The van der Waals surface area contributed by atoms with Crippen molar-refractivity contribution in [3.05, 3.63) is 41.7 Å². The number of fused-ring (bicyclic) bond motifs is 2. The van der Waals surface area contributed by atoms with Gasteiger partial charge in [0, 0.05) is 23.9 Å². The van der Waals surface area contributed by atoms with Gasteiger partial charge in [0.2, 0.25) is 0 Å². The number of aliphatic imine (C=N–C) groups is 1. The summed E-state index contributed by atoms with van der Waals surface area (Å²) in [6.45, 7) is 0.437. The van der Waals surface area contributed by atoms with E-state index in [2.05, 4.69) is 15.4 Å². The molecule has 0 bridgehead atoms. The minimum absolute atomic E-state index is 0.0126. The van der Waals surface area contributed by atoms with Crippen molar-refractivity contribution in [1.29, 1.82) is 0 Å². The smallest absolute Gasteiger partial charge is 0.333 e. The predicted octanol–water partition coefficient (Wildman–Crippen LogP) is 2.07. The molecule has 1 aromatic heterocycles. The second-order valence-corrected chi connectivity index (χ2v) is 10.6. The van der Waals surface area contributed by atoms with E-state index in [0.717, 1.165) is 6.20 Å². The van der Waals surface area contributed by atoms with Gasteiger partial charge in [-0.2, -0.15) is 13.9 Å². The predicted molar refractivity (Wildman–Crippen MR) is 109 cm³/mol. The molecule has 0 aliphatic carbocycles. The molecule has 1 aromatic carbocycles. The Hall–Kier alpha value is -3.02. The van der Waals surface area contributed by atoms with Crippen molar-refractivity contribution in [2.24, 2.45) is 10.7 Å². The van der Waals surface area contributed by atoms with E-state index in [1.54, 1.807) is 18.2 Å². The van der Waals surface area contributed by atoms with Crippen LogP contribution in [0.2, 0.25) is 0 Å². The molecule has 0 fully saturated rings. The molecule has 12 heteroatoms. The van der Waals surface area contributed by atoms with E-state index in [-0.39, 0.29) is 23.9 Å². The van der Waals surface area contributed by atoms with Crippen LogP contribution in [0.25, 0.3) is 0 Å². The van der Waals surface area contributed by atoms with E-state index in [0.29, 0.717) is 28.1 Å². The maximum atomic E-state index is 13.0. The molecule has 4 rings (SSSR count). The van der Waals surface area contributed by atoms with Crippen LogP contribution in [0.15, 0.2) is 35.5 Å². The van der Waals surface area contributed by atoms with Gasteiger partial charge in [-0.15, -0.1) is 0 Å².